The van der Waals surface area contributed by atoms with Gasteiger partial charge in [-0.2, -0.15) is 5.26 Å². The van der Waals surface area contributed by atoms with Gasteiger partial charge >= 0.3 is 0 Å². The summed E-state index contributed by atoms with van der Waals surface area (Å²) in [6.07, 6.45) is -0.965. The summed E-state index contributed by atoms with van der Waals surface area (Å²) in [4.78, 5) is 0. The monoisotopic (exact) mass is 241 g/mol. The van der Waals surface area contributed by atoms with Gasteiger partial charge in [-0.05, 0) is 6.07 Å². The van der Waals surface area contributed by atoms with E-state index in [4.69, 9.17) is 26.3 Å². The molecule has 1 rings (SSSR count). The molecule has 16 heavy (non-hydrogen) atoms. The fraction of sp³-hybridized carbons (Fsp3) is 0.364. The molecule has 1 unspecified atom stereocenters. The molecule has 86 valence electrons. The van der Waals surface area contributed by atoms with Crippen molar-refractivity contribution >= 4 is 11.6 Å². The normalized spacial score (nSPS) is 11.7. The molecule has 4 nitrogen and oxygen atoms in total. The molecule has 1 aromatic rings. The number of rotatable bonds is 4. The quantitative estimate of drug-likeness (QED) is 0.879. The van der Waals surface area contributed by atoms with Crippen LogP contribution in [0.4, 0.5) is 0 Å². The number of nitrogens with zero attached hydrogens (tertiary/aromatic N) is 1. The van der Waals surface area contributed by atoms with Crippen LogP contribution in [0.1, 0.15) is 18.1 Å². The van der Waals surface area contributed by atoms with Gasteiger partial charge in [-0.15, -0.1) is 0 Å². The highest BCUT2D eigenvalue weighted by molar-refractivity contribution is 6.30. The van der Waals surface area contributed by atoms with Gasteiger partial charge in [-0.1, -0.05) is 11.6 Å². The van der Waals surface area contributed by atoms with Crippen LogP contribution in [0.2, 0.25) is 5.02 Å². The third-order valence-corrected chi connectivity index (χ3v) is 2.33. The Labute approximate surface area is 99.0 Å². The molecule has 1 aromatic carbocycles. The highest BCUT2D eigenvalue weighted by Gasteiger charge is 2.18. The summed E-state index contributed by atoms with van der Waals surface area (Å²) in [6, 6.07) is 5.03. The minimum atomic E-state index is -0.937. The highest BCUT2D eigenvalue weighted by Crippen LogP contribution is 2.38. The second-order valence-corrected chi connectivity index (χ2v) is 3.54. The minimum Gasteiger partial charge on any atom is -0.493 e. The van der Waals surface area contributed by atoms with Gasteiger partial charge < -0.3 is 14.6 Å². The standard InChI is InChI=1S/C11H12ClNO3/c1-15-10-6-7(12)5-8(11(10)16-2)9(14)3-4-13/h5-6,9,14H,3H2,1-2H3. The van der Waals surface area contributed by atoms with Crippen LogP contribution in [0, 0.1) is 11.3 Å². The van der Waals surface area contributed by atoms with Crippen molar-refractivity contribution in [2.75, 3.05) is 14.2 Å². The van der Waals surface area contributed by atoms with Crippen molar-refractivity contribution in [3.63, 3.8) is 0 Å². The van der Waals surface area contributed by atoms with Crippen LogP contribution < -0.4 is 9.47 Å². The van der Waals surface area contributed by atoms with Crippen LogP contribution >= 0.6 is 11.6 Å². The van der Waals surface area contributed by atoms with Crippen molar-refractivity contribution < 1.29 is 14.6 Å². The Hall–Kier alpha value is -1.44. The van der Waals surface area contributed by atoms with Gasteiger partial charge in [0.15, 0.2) is 11.5 Å². The van der Waals surface area contributed by atoms with E-state index in [2.05, 4.69) is 0 Å². The lowest BCUT2D eigenvalue weighted by Crippen LogP contribution is -2.02. The molecular weight excluding hydrogens is 230 g/mol. The molecular formula is C11H12ClNO3. The predicted molar refractivity (Wildman–Crippen MR) is 59.7 cm³/mol. The number of hydrogen-bond acceptors (Lipinski definition) is 4. The zero-order valence-electron chi connectivity index (χ0n) is 9.03. The number of ether oxygens (including phenoxy) is 2. The Bertz CT molecular complexity index is 414. The van der Waals surface area contributed by atoms with E-state index in [0.29, 0.717) is 22.1 Å². The summed E-state index contributed by atoms with van der Waals surface area (Å²) in [6.45, 7) is 0. The number of nitriles is 1. The van der Waals surface area contributed by atoms with Crippen LogP contribution in [-0.4, -0.2) is 19.3 Å². The molecule has 0 saturated carbocycles. The lowest BCUT2D eigenvalue weighted by Gasteiger charge is -2.15. The Kier molecular flexibility index (Phi) is 4.41. The molecule has 5 heteroatoms. The molecule has 0 aromatic heterocycles. The zero-order valence-corrected chi connectivity index (χ0v) is 9.78. The van der Waals surface area contributed by atoms with Gasteiger partial charge in [0.05, 0.1) is 32.8 Å². The summed E-state index contributed by atoms with van der Waals surface area (Å²) in [5.74, 6) is 0.830. The summed E-state index contributed by atoms with van der Waals surface area (Å²) >= 11 is 5.87. The van der Waals surface area contributed by atoms with Crippen molar-refractivity contribution in [1.29, 1.82) is 5.26 Å². The van der Waals surface area contributed by atoms with Gasteiger partial charge in [0, 0.05) is 16.7 Å². The number of aliphatic hydroxyl groups is 1. The minimum absolute atomic E-state index is 0.0279. The maximum Gasteiger partial charge on any atom is 0.166 e. The molecule has 0 aliphatic rings. The Morgan fingerprint density at radius 2 is 2.12 bits per heavy atom. The molecule has 0 aliphatic heterocycles. The maximum atomic E-state index is 9.76. The Morgan fingerprint density at radius 1 is 1.44 bits per heavy atom. The summed E-state index contributed by atoms with van der Waals surface area (Å²) in [7, 11) is 2.95. The van der Waals surface area contributed by atoms with E-state index < -0.39 is 6.10 Å². The van der Waals surface area contributed by atoms with Gasteiger partial charge in [-0.3, -0.25) is 0 Å². The van der Waals surface area contributed by atoms with E-state index >= 15 is 0 Å². The predicted octanol–water partition coefficient (Wildman–Crippen LogP) is 2.30. The third-order valence-electron chi connectivity index (χ3n) is 2.12. The Balaban J connectivity index is 3.25. The van der Waals surface area contributed by atoms with Crippen LogP contribution in [0.25, 0.3) is 0 Å². The molecule has 0 saturated heterocycles. The molecule has 0 amide bonds. The van der Waals surface area contributed by atoms with E-state index in [1.165, 1.54) is 14.2 Å². The lowest BCUT2D eigenvalue weighted by molar-refractivity contribution is 0.177. The van der Waals surface area contributed by atoms with Crippen LogP contribution in [0.3, 0.4) is 0 Å². The largest absolute Gasteiger partial charge is 0.493 e. The topological polar surface area (TPSA) is 62.5 Å². The van der Waals surface area contributed by atoms with Gasteiger partial charge in [0.2, 0.25) is 0 Å². The average Bonchev–Trinajstić information content (AvgIpc) is 2.28. The van der Waals surface area contributed by atoms with Gasteiger partial charge in [0.1, 0.15) is 0 Å². The fourth-order valence-electron chi connectivity index (χ4n) is 1.40. The first-order chi connectivity index (χ1) is 7.63. The molecule has 1 atom stereocenters. The first kappa shape index (κ1) is 12.6. The lowest BCUT2D eigenvalue weighted by atomic mass is 10.1. The fourth-order valence-corrected chi connectivity index (χ4v) is 1.62. The molecule has 0 spiro atoms. The molecule has 0 radical (unpaired) electrons. The van der Waals surface area contributed by atoms with Crippen molar-refractivity contribution in [1.82, 2.24) is 0 Å². The number of aliphatic hydroxyl groups excluding tert-OH is 1. The van der Waals surface area contributed by atoms with Crippen LogP contribution in [0.5, 0.6) is 11.5 Å². The average molecular weight is 242 g/mol. The highest BCUT2D eigenvalue weighted by atomic mass is 35.5. The van der Waals surface area contributed by atoms with E-state index in [1.54, 1.807) is 12.1 Å². The van der Waals surface area contributed by atoms with E-state index in [0.717, 1.165) is 0 Å². The van der Waals surface area contributed by atoms with Crippen LogP contribution in [0.15, 0.2) is 12.1 Å². The van der Waals surface area contributed by atoms with Crippen molar-refractivity contribution in [2.45, 2.75) is 12.5 Å². The maximum absolute atomic E-state index is 9.76. The summed E-state index contributed by atoms with van der Waals surface area (Å²) in [5.41, 5.74) is 0.452. The molecule has 0 aliphatic carbocycles. The molecule has 0 bridgehead atoms. The van der Waals surface area contributed by atoms with Crippen molar-refractivity contribution in [2.24, 2.45) is 0 Å². The second-order valence-electron chi connectivity index (χ2n) is 3.11. The molecule has 1 N–H and O–H groups in total. The number of benzene rings is 1. The van der Waals surface area contributed by atoms with E-state index in [9.17, 15) is 5.11 Å². The van der Waals surface area contributed by atoms with Crippen molar-refractivity contribution in [3.8, 4) is 17.6 Å². The van der Waals surface area contributed by atoms with Gasteiger partial charge in [0.25, 0.3) is 0 Å². The van der Waals surface area contributed by atoms with Crippen LogP contribution in [-0.2, 0) is 0 Å². The van der Waals surface area contributed by atoms with Crippen molar-refractivity contribution in [3.05, 3.63) is 22.7 Å². The summed E-state index contributed by atoms with van der Waals surface area (Å²) in [5, 5.41) is 18.7. The third kappa shape index (κ3) is 2.57. The molecule has 0 heterocycles. The van der Waals surface area contributed by atoms with E-state index in [1.807, 2.05) is 6.07 Å². The first-order valence-corrected chi connectivity index (χ1v) is 4.98. The summed E-state index contributed by atoms with van der Waals surface area (Å²) < 4.78 is 10.2. The smallest absolute Gasteiger partial charge is 0.166 e. The van der Waals surface area contributed by atoms with E-state index in [-0.39, 0.29) is 6.42 Å². The molecule has 0 fully saturated rings. The number of halogens is 1. The first-order valence-electron chi connectivity index (χ1n) is 4.60. The Morgan fingerprint density at radius 3 is 2.62 bits per heavy atom. The second kappa shape index (κ2) is 5.59. The SMILES string of the molecule is COc1cc(Cl)cc(C(O)CC#N)c1OC. The zero-order chi connectivity index (χ0) is 12.1. The van der Waals surface area contributed by atoms with Gasteiger partial charge in [-0.25, -0.2) is 0 Å². The number of methoxy groups -OCH3 is 2. The number of hydrogen-bond donors (Lipinski definition) is 1.